The highest BCUT2D eigenvalue weighted by Gasteiger charge is 2.37. The molecule has 1 saturated heterocycles. The summed E-state index contributed by atoms with van der Waals surface area (Å²) in [6.07, 6.45) is 3.03. The van der Waals surface area contributed by atoms with Crippen LogP contribution in [-0.2, 0) is 9.59 Å². The van der Waals surface area contributed by atoms with Gasteiger partial charge in [-0.15, -0.1) is 0 Å². The van der Waals surface area contributed by atoms with Gasteiger partial charge in [-0.1, -0.05) is 12.7 Å². The van der Waals surface area contributed by atoms with Crippen LogP contribution in [0.1, 0.15) is 12.5 Å². The lowest BCUT2D eigenvalue weighted by molar-refractivity contribution is -0.122. The maximum atomic E-state index is 13.2. The second-order valence-corrected chi connectivity index (χ2v) is 8.02. The maximum Gasteiger partial charge on any atom is 0.335 e. The van der Waals surface area contributed by atoms with Crippen LogP contribution in [0.25, 0.3) is 6.08 Å². The number of nitrogens with zero attached hydrogens (tertiary/aromatic N) is 1. The van der Waals surface area contributed by atoms with E-state index in [1.165, 1.54) is 12.1 Å². The lowest BCUT2D eigenvalue weighted by Crippen LogP contribution is -2.54. The van der Waals surface area contributed by atoms with E-state index in [1.54, 1.807) is 30.3 Å². The highest BCUT2D eigenvalue weighted by atomic mass is 127. The predicted molar refractivity (Wildman–Crippen MR) is 128 cm³/mol. The molecule has 0 saturated carbocycles. The number of anilines is 1. The van der Waals surface area contributed by atoms with Crippen molar-refractivity contribution in [2.75, 3.05) is 24.9 Å². The van der Waals surface area contributed by atoms with Crippen LogP contribution < -0.4 is 29.2 Å². The van der Waals surface area contributed by atoms with Crippen molar-refractivity contribution in [3.05, 3.63) is 57.7 Å². The zero-order chi connectivity index (χ0) is 23.5. The van der Waals surface area contributed by atoms with Crippen molar-refractivity contribution >= 4 is 52.2 Å². The molecule has 0 aromatic heterocycles. The molecule has 0 bridgehead atoms. The van der Waals surface area contributed by atoms with Gasteiger partial charge in [0, 0.05) is 6.07 Å². The standard InChI is InChI=1S/C23H19IN2O7/c1-3-7-31-20-16(24)9-13(10-19(20)30-4-2)8-15-21(27)25-23(29)26(22(15)28)14-5-6-17-18(11-14)33-12-32-17/h3,5-6,8-11H,1,4,7,12H2,2H3,(H,25,27,29)/b15-8+. The molecule has 2 aromatic carbocycles. The van der Waals surface area contributed by atoms with Gasteiger partial charge in [-0.3, -0.25) is 14.9 Å². The summed E-state index contributed by atoms with van der Waals surface area (Å²) < 4.78 is 22.7. The lowest BCUT2D eigenvalue weighted by Gasteiger charge is -2.26. The first-order valence-electron chi connectivity index (χ1n) is 9.94. The van der Waals surface area contributed by atoms with E-state index >= 15 is 0 Å². The molecule has 4 rings (SSSR count). The molecule has 0 radical (unpaired) electrons. The number of fused-ring (bicyclic) bond motifs is 1. The highest BCUT2D eigenvalue weighted by molar-refractivity contribution is 14.1. The number of hydrogen-bond acceptors (Lipinski definition) is 7. The monoisotopic (exact) mass is 562 g/mol. The number of nitrogens with one attached hydrogen (secondary N) is 1. The molecule has 2 aliphatic heterocycles. The van der Waals surface area contributed by atoms with E-state index in [4.69, 9.17) is 18.9 Å². The lowest BCUT2D eigenvalue weighted by atomic mass is 10.1. The largest absolute Gasteiger partial charge is 0.490 e. The fourth-order valence-corrected chi connectivity index (χ4v) is 4.08. The Morgan fingerprint density at radius 2 is 1.94 bits per heavy atom. The third-order valence-electron chi connectivity index (χ3n) is 4.70. The Morgan fingerprint density at radius 1 is 1.15 bits per heavy atom. The number of urea groups is 1. The molecule has 2 aliphatic rings. The fourth-order valence-electron chi connectivity index (χ4n) is 3.30. The number of barbiturate groups is 1. The van der Waals surface area contributed by atoms with Gasteiger partial charge in [-0.25, -0.2) is 9.69 Å². The zero-order valence-electron chi connectivity index (χ0n) is 17.6. The minimum Gasteiger partial charge on any atom is -0.490 e. The summed E-state index contributed by atoms with van der Waals surface area (Å²) in [6.45, 7) is 6.22. The van der Waals surface area contributed by atoms with Crippen molar-refractivity contribution in [1.82, 2.24) is 5.32 Å². The van der Waals surface area contributed by atoms with E-state index < -0.39 is 17.8 Å². The average molecular weight is 562 g/mol. The Kier molecular flexibility index (Phi) is 6.54. The Balaban J connectivity index is 1.71. The van der Waals surface area contributed by atoms with Crippen LogP contribution in [0.2, 0.25) is 0 Å². The number of carbonyl (C=O) groups is 3. The van der Waals surface area contributed by atoms with Crippen LogP contribution >= 0.6 is 22.6 Å². The predicted octanol–water partition coefficient (Wildman–Crippen LogP) is 3.65. The number of hydrogen-bond donors (Lipinski definition) is 1. The topological polar surface area (TPSA) is 103 Å². The third kappa shape index (κ3) is 4.51. The Hall–Kier alpha value is -3.54. The van der Waals surface area contributed by atoms with Gasteiger partial charge < -0.3 is 18.9 Å². The molecule has 0 atom stereocenters. The summed E-state index contributed by atoms with van der Waals surface area (Å²) in [4.78, 5) is 39.1. The van der Waals surface area contributed by atoms with Gasteiger partial charge in [-0.05, 0) is 65.4 Å². The van der Waals surface area contributed by atoms with Crippen LogP contribution in [-0.4, -0.2) is 37.9 Å². The molecule has 1 N–H and O–H groups in total. The van der Waals surface area contributed by atoms with Crippen LogP contribution in [0.3, 0.4) is 0 Å². The molecule has 0 spiro atoms. The molecular formula is C23H19IN2O7. The summed E-state index contributed by atoms with van der Waals surface area (Å²) in [5.74, 6) is 0.361. The van der Waals surface area contributed by atoms with E-state index in [1.807, 2.05) is 6.92 Å². The second-order valence-electron chi connectivity index (χ2n) is 6.86. The molecule has 33 heavy (non-hydrogen) atoms. The van der Waals surface area contributed by atoms with E-state index in [9.17, 15) is 14.4 Å². The third-order valence-corrected chi connectivity index (χ3v) is 5.51. The molecule has 10 heteroatoms. The van der Waals surface area contributed by atoms with Gasteiger partial charge in [0.2, 0.25) is 6.79 Å². The van der Waals surface area contributed by atoms with Crippen molar-refractivity contribution in [1.29, 1.82) is 0 Å². The first-order valence-corrected chi connectivity index (χ1v) is 11.0. The molecule has 2 aromatic rings. The Labute approximate surface area is 203 Å². The molecule has 0 unspecified atom stereocenters. The van der Waals surface area contributed by atoms with Gasteiger partial charge in [-0.2, -0.15) is 0 Å². The average Bonchev–Trinajstić information content (AvgIpc) is 3.24. The van der Waals surface area contributed by atoms with Gasteiger partial charge in [0.1, 0.15) is 12.2 Å². The van der Waals surface area contributed by atoms with E-state index in [0.29, 0.717) is 41.8 Å². The molecule has 170 valence electrons. The number of amides is 4. The fraction of sp³-hybridized carbons (Fsp3) is 0.174. The normalized spacial score (nSPS) is 16.1. The van der Waals surface area contributed by atoms with E-state index in [0.717, 1.165) is 8.47 Å². The molecule has 0 aliphatic carbocycles. The van der Waals surface area contributed by atoms with Crippen molar-refractivity contribution in [3.8, 4) is 23.0 Å². The SMILES string of the molecule is C=CCOc1c(I)cc(/C=C2\C(=O)NC(=O)N(c3ccc4c(c3)OCO4)C2=O)cc1OCC. The van der Waals surface area contributed by atoms with Crippen molar-refractivity contribution in [3.63, 3.8) is 0 Å². The number of carbonyl (C=O) groups excluding carboxylic acids is 3. The van der Waals surface area contributed by atoms with Gasteiger partial charge in [0.25, 0.3) is 11.8 Å². The summed E-state index contributed by atoms with van der Waals surface area (Å²) >= 11 is 2.08. The number of halogens is 1. The molecule has 9 nitrogen and oxygen atoms in total. The molecule has 1 fully saturated rings. The maximum absolute atomic E-state index is 13.2. The number of ether oxygens (including phenoxy) is 4. The Morgan fingerprint density at radius 3 is 2.70 bits per heavy atom. The first kappa shape index (κ1) is 22.6. The van der Waals surface area contributed by atoms with Crippen LogP contribution in [0.15, 0.2) is 48.6 Å². The minimum atomic E-state index is -0.848. The van der Waals surface area contributed by atoms with Crippen molar-refractivity contribution < 1.29 is 33.3 Å². The molecule has 4 amide bonds. The van der Waals surface area contributed by atoms with Crippen molar-refractivity contribution in [2.24, 2.45) is 0 Å². The van der Waals surface area contributed by atoms with Crippen molar-refractivity contribution in [2.45, 2.75) is 6.92 Å². The smallest absolute Gasteiger partial charge is 0.335 e. The van der Waals surface area contributed by atoms with E-state index in [-0.39, 0.29) is 18.1 Å². The Bertz CT molecular complexity index is 1190. The zero-order valence-corrected chi connectivity index (χ0v) is 19.7. The number of rotatable bonds is 7. The van der Waals surface area contributed by atoms with Gasteiger partial charge in [0.05, 0.1) is 15.9 Å². The molecular weight excluding hydrogens is 543 g/mol. The first-order chi connectivity index (χ1) is 15.9. The summed E-state index contributed by atoms with van der Waals surface area (Å²) in [7, 11) is 0. The number of imide groups is 2. The quantitative estimate of drug-likeness (QED) is 0.238. The van der Waals surface area contributed by atoms with Gasteiger partial charge in [0.15, 0.2) is 23.0 Å². The molecule has 2 heterocycles. The minimum absolute atomic E-state index is 0.0515. The second kappa shape index (κ2) is 9.53. The summed E-state index contributed by atoms with van der Waals surface area (Å²) in [5, 5.41) is 2.21. The van der Waals surface area contributed by atoms with Crippen LogP contribution in [0.4, 0.5) is 10.5 Å². The summed E-state index contributed by atoms with van der Waals surface area (Å²) in [6, 6.07) is 7.21. The van der Waals surface area contributed by atoms with Crippen LogP contribution in [0.5, 0.6) is 23.0 Å². The number of benzene rings is 2. The highest BCUT2D eigenvalue weighted by Crippen LogP contribution is 2.37. The van der Waals surface area contributed by atoms with Gasteiger partial charge >= 0.3 is 6.03 Å². The van der Waals surface area contributed by atoms with Crippen LogP contribution in [0, 0.1) is 3.57 Å². The summed E-state index contributed by atoms with van der Waals surface area (Å²) in [5.41, 5.74) is 0.579. The van der Waals surface area contributed by atoms with E-state index in [2.05, 4.69) is 34.5 Å².